The number of aromatic nitrogens is 1. The quantitative estimate of drug-likeness (QED) is 0.673. The number of aromatic amines is 1. The third-order valence-electron chi connectivity index (χ3n) is 3.06. The summed E-state index contributed by atoms with van der Waals surface area (Å²) in [6, 6.07) is 5.06. The molecule has 1 aromatic carbocycles. The van der Waals surface area contributed by atoms with Gasteiger partial charge in [0.2, 0.25) is 5.91 Å². The Morgan fingerprint density at radius 1 is 1.25 bits per heavy atom. The van der Waals surface area contributed by atoms with Crippen LogP contribution >= 0.6 is 0 Å². The fourth-order valence-corrected chi connectivity index (χ4v) is 2.04. The largest absolute Gasteiger partial charge is 0.417 e. The van der Waals surface area contributed by atoms with Gasteiger partial charge in [-0.25, -0.2) is 4.79 Å². The number of fused-ring (bicyclic) bond motifs is 1. The average Bonchev–Trinajstić information content (AvgIpc) is 2.78. The smallest absolute Gasteiger partial charge is 0.408 e. The molecule has 2 rings (SSSR count). The highest BCUT2D eigenvalue weighted by Crippen LogP contribution is 2.16. The van der Waals surface area contributed by atoms with Crippen LogP contribution in [-0.4, -0.2) is 17.4 Å². The van der Waals surface area contributed by atoms with Crippen molar-refractivity contribution < 1.29 is 9.21 Å². The second-order valence-corrected chi connectivity index (χ2v) is 4.73. The van der Waals surface area contributed by atoms with Gasteiger partial charge in [0.05, 0.1) is 5.52 Å². The molecule has 0 radical (unpaired) electrons. The summed E-state index contributed by atoms with van der Waals surface area (Å²) < 4.78 is 4.90. The highest BCUT2D eigenvalue weighted by atomic mass is 16.4. The molecule has 6 heteroatoms. The number of amides is 1. The third kappa shape index (κ3) is 3.96. The Labute approximate surface area is 116 Å². The Morgan fingerprint density at radius 3 is 2.85 bits per heavy atom. The minimum Gasteiger partial charge on any atom is -0.408 e. The maximum atomic E-state index is 11.8. The van der Waals surface area contributed by atoms with Crippen molar-refractivity contribution in [1.29, 1.82) is 0 Å². The lowest BCUT2D eigenvalue weighted by molar-refractivity contribution is -0.116. The molecule has 1 heterocycles. The van der Waals surface area contributed by atoms with E-state index >= 15 is 0 Å². The monoisotopic (exact) mass is 277 g/mol. The second kappa shape index (κ2) is 6.91. The normalized spacial score (nSPS) is 10.8. The summed E-state index contributed by atoms with van der Waals surface area (Å²) in [6.07, 6.45) is 4.43. The fraction of sp³-hybridized carbons (Fsp3) is 0.429. The number of nitrogens with two attached hydrogens (primary N) is 1. The molecule has 0 saturated carbocycles. The van der Waals surface area contributed by atoms with E-state index in [9.17, 15) is 9.59 Å². The summed E-state index contributed by atoms with van der Waals surface area (Å²) in [5.74, 6) is -0.522. The van der Waals surface area contributed by atoms with Crippen LogP contribution in [-0.2, 0) is 4.79 Å². The molecule has 2 aromatic rings. The number of anilines is 1. The van der Waals surface area contributed by atoms with Gasteiger partial charge in [-0.05, 0) is 37.6 Å². The Kier molecular flexibility index (Phi) is 4.95. The third-order valence-corrected chi connectivity index (χ3v) is 3.06. The maximum Gasteiger partial charge on any atom is 0.417 e. The van der Waals surface area contributed by atoms with Crippen molar-refractivity contribution in [3.05, 3.63) is 28.7 Å². The molecular weight excluding hydrogens is 258 g/mol. The molecule has 0 unspecified atom stereocenters. The van der Waals surface area contributed by atoms with E-state index < -0.39 is 5.76 Å². The second-order valence-electron chi connectivity index (χ2n) is 4.73. The SMILES string of the molecule is NCCCCCCC(=O)Nc1ccc2oc(=O)[nH]c2c1. The van der Waals surface area contributed by atoms with E-state index in [0.717, 1.165) is 25.7 Å². The lowest BCUT2D eigenvalue weighted by Crippen LogP contribution is -2.11. The summed E-state index contributed by atoms with van der Waals surface area (Å²) in [5.41, 5.74) is 7.12. The van der Waals surface area contributed by atoms with Crippen LogP contribution in [0.4, 0.5) is 5.69 Å². The molecule has 0 saturated heterocycles. The van der Waals surface area contributed by atoms with Gasteiger partial charge in [0, 0.05) is 12.1 Å². The van der Waals surface area contributed by atoms with Crippen LogP contribution in [0.2, 0.25) is 0 Å². The first-order valence-electron chi connectivity index (χ1n) is 6.82. The summed E-state index contributed by atoms with van der Waals surface area (Å²) in [4.78, 5) is 25.3. The van der Waals surface area contributed by atoms with E-state index in [-0.39, 0.29) is 5.91 Å². The predicted molar refractivity (Wildman–Crippen MR) is 77.6 cm³/mol. The predicted octanol–water partition coefficient (Wildman–Crippen LogP) is 1.97. The van der Waals surface area contributed by atoms with Crippen LogP contribution in [0.15, 0.2) is 27.4 Å². The van der Waals surface area contributed by atoms with Gasteiger partial charge in [-0.2, -0.15) is 0 Å². The lowest BCUT2D eigenvalue weighted by Gasteiger charge is -2.05. The van der Waals surface area contributed by atoms with Crippen molar-refractivity contribution in [1.82, 2.24) is 4.98 Å². The number of benzene rings is 1. The van der Waals surface area contributed by atoms with Crippen LogP contribution in [0, 0.1) is 0 Å². The van der Waals surface area contributed by atoms with Crippen molar-refractivity contribution in [2.24, 2.45) is 5.73 Å². The van der Waals surface area contributed by atoms with E-state index in [1.807, 2.05) is 0 Å². The Morgan fingerprint density at radius 2 is 2.05 bits per heavy atom. The van der Waals surface area contributed by atoms with Crippen LogP contribution in [0.5, 0.6) is 0 Å². The molecule has 0 aliphatic rings. The van der Waals surface area contributed by atoms with Gasteiger partial charge in [0.15, 0.2) is 5.58 Å². The molecule has 6 nitrogen and oxygen atoms in total. The average molecular weight is 277 g/mol. The van der Waals surface area contributed by atoms with Crippen molar-refractivity contribution in [3.63, 3.8) is 0 Å². The molecule has 20 heavy (non-hydrogen) atoms. The van der Waals surface area contributed by atoms with Crippen molar-refractivity contribution in [2.45, 2.75) is 32.1 Å². The number of carbonyl (C=O) groups is 1. The molecule has 0 aliphatic carbocycles. The topological polar surface area (TPSA) is 101 Å². The summed E-state index contributed by atoms with van der Waals surface area (Å²) in [6.45, 7) is 0.703. The van der Waals surface area contributed by atoms with E-state index in [2.05, 4.69) is 10.3 Å². The zero-order valence-corrected chi connectivity index (χ0v) is 11.3. The highest BCUT2D eigenvalue weighted by molar-refractivity contribution is 5.92. The first-order valence-corrected chi connectivity index (χ1v) is 6.82. The number of nitrogens with one attached hydrogen (secondary N) is 2. The number of carbonyl (C=O) groups excluding carboxylic acids is 1. The molecule has 108 valence electrons. The molecular formula is C14H19N3O3. The van der Waals surface area contributed by atoms with Gasteiger partial charge in [0.1, 0.15) is 0 Å². The molecule has 0 spiro atoms. The first-order chi connectivity index (χ1) is 9.69. The Hall–Kier alpha value is -2.08. The number of unbranched alkanes of at least 4 members (excludes halogenated alkanes) is 3. The Balaban J connectivity index is 1.84. The molecule has 0 atom stereocenters. The van der Waals surface area contributed by atoms with Gasteiger partial charge in [-0.15, -0.1) is 0 Å². The van der Waals surface area contributed by atoms with Gasteiger partial charge in [-0.3, -0.25) is 9.78 Å². The van der Waals surface area contributed by atoms with Crippen molar-refractivity contribution in [3.8, 4) is 0 Å². The number of hydrogen-bond donors (Lipinski definition) is 3. The van der Waals surface area contributed by atoms with Gasteiger partial charge >= 0.3 is 5.76 Å². The van der Waals surface area contributed by atoms with Crippen LogP contribution in [0.3, 0.4) is 0 Å². The zero-order valence-electron chi connectivity index (χ0n) is 11.3. The standard InChI is InChI=1S/C14H19N3O3/c15-8-4-2-1-3-5-13(18)16-10-6-7-12-11(9-10)17-14(19)20-12/h6-7,9H,1-5,8,15H2,(H,16,18)(H,17,19). The van der Waals surface area contributed by atoms with Crippen LogP contribution in [0.25, 0.3) is 11.1 Å². The zero-order chi connectivity index (χ0) is 14.4. The maximum absolute atomic E-state index is 11.8. The minimum atomic E-state index is -0.497. The van der Waals surface area contributed by atoms with E-state index in [1.54, 1.807) is 18.2 Å². The lowest BCUT2D eigenvalue weighted by atomic mass is 10.1. The number of rotatable bonds is 7. The van der Waals surface area contributed by atoms with E-state index in [0.29, 0.717) is 29.8 Å². The summed E-state index contributed by atoms with van der Waals surface area (Å²) >= 11 is 0. The molecule has 0 aliphatic heterocycles. The minimum absolute atomic E-state index is 0.0251. The Bertz CT molecular complexity index is 630. The van der Waals surface area contributed by atoms with Crippen LogP contribution < -0.4 is 16.8 Å². The highest BCUT2D eigenvalue weighted by Gasteiger charge is 2.05. The number of hydrogen-bond acceptors (Lipinski definition) is 4. The van der Waals surface area contributed by atoms with Crippen molar-refractivity contribution in [2.75, 3.05) is 11.9 Å². The summed E-state index contributed by atoms with van der Waals surface area (Å²) in [5, 5.41) is 2.81. The van der Waals surface area contributed by atoms with Gasteiger partial charge in [-0.1, -0.05) is 12.8 Å². The number of oxazole rings is 1. The molecule has 0 fully saturated rings. The molecule has 0 bridgehead atoms. The molecule has 4 N–H and O–H groups in total. The van der Waals surface area contributed by atoms with Gasteiger partial charge < -0.3 is 15.5 Å². The number of H-pyrrole nitrogens is 1. The van der Waals surface area contributed by atoms with E-state index in [1.165, 1.54) is 0 Å². The van der Waals surface area contributed by atoms with Crippen LogP contribution in [0.1, 0.15) is 32.1 Å². The van der Waals surface area contributed by atoms with Gasteiger partial charge in [0.25, 0.3) is 0 Å². The first kappa shape index (κ1) is 14.3. The summed E-state index contributed by atoms with van der Waals surface area (Å²) in [7, 11) is 0. The van der Waals surface area contributed by atoms with Crippen molar-refractivity contribution >= 4 is 22.7 Å². The van der Waals surface area contributed by atoms with E-state index in [4.69, 9.17) is 10.2 Å². The fourth-order valence-electron chi connectivity index (χ4n) is 2.04. The molecule has 1 aromatic heterocycles. The molecule has 1 amide bonds.